The third-order valence-corrected chi connectivity index (χ3v) is 4.31. The number of piperidine rings is 2. The van der Waals surface area contributed by atoms with Gasteiger partial charge >= 0.3 is 18.2 Å². The van der Waals surface area contributed by atoms with Crippen molar-refractivity contribution >= 4 is 18.2 Å². The Labute approximate surface area is 148 Å². The summed E-state index contributed by atoms with van der Waals surface area (Å²) < 4.78 is 10.8. The Morgan fingerprint density at radius 1 is 1.00 bits per heavy atom. The average Bonchev–Trinajstić information content (AvgIpc) is 2.43. The number of amides is 2. The van der Waals surface area contributed by atoms with Gasteiger partial charge in [-0.1, -0.05) is 0 Å². The van der Waals surface area contributed by atoms with E-state index in [0.29, 0.717) is 6.42 Å². The molecule has 2 amide bonds. The van der Waals surface area contributed by atoms with Gasteiger partial charge in [0, 0.05) is 6.54 Å². The van der Waals surface area contributed by atoms with Gasteiger partial charge in [0.05, 0.1) is 12.6 Å². The van der Waals surface area contributed by atoms with Crippen molar-refractivity contribution in [1.29, 1.82) is 0 Å². The molecule has 2 unspecified atom stereocenters. The number of carbonyl (C=O) groups is 3. The second-order valence-electron chi connectivity index (χ2n) is 8.73. The number of piperazine rings is 1. The van der Waals surface area contributed by atoms with Crippen LogP contribution in [-0.4, -0.2) is 68.9 Å². The van der Waals surface area contributed by atoms with Crippen LogP contribution < -0.4 is 0 Å². The third kappa shape index (κ3) is 3.99. The predicted molar refractivity (Wildman–Crippen MR) is 89.3 cm³/mol. The van der Waals surface area contributed by atoms with E-state index in [1.807, 2.05) is 0 Å². The van der Waals surface area contributed by atoms with E-state index in [2.05, 4.69) is 0 Å². The number of ether oxygens (including phenoxy) is 2. The molecule has 0 aromatic carbocycles. The van der Waals surface area contributed by atoms with Crippen molar-refractivity contribution in [1.82, 2.24) is 9.80 Å². The van der Waals surface area contributed by atoms with Crippen LogP contribution in [0.25, 0.3) is 0 Å². The van der Waals surface area contributed by atoms with Gasteiger partial charge in [-0.25, -0.2) is 14.4 Å². The Morgan fingerprint density at radius 3 is 2.00 bits per heavy atom. The fourth-order valence-electron chi connectivity index (χ4n) is 3.24. The Kier molecular flexibility index (Phi) is 4.69. The second kappa shape index (κ2) is 6.07. The minimum atomic E-state index is -1.48. The molecule has 142 valence electrons. The van der Waals surface area contributed by atoms with Crippen LogP contribution in [0.2, 0.25) is 0 Å². The molecule has 0 radical (unpaired) electrons. The summed E-state index contributed by atoms with van der Waals surface area (Å²) in [6, 6.07) is -0.274. The molecule has 3 aliphatic heterocycles. The topological polar surface area (TPSA) is 96.4 Å². The van der Waals surface area contributed by atoms with Crippen LogP contribution in [0.15, 0.2) is 0 Å². The molecule has 0 aromatic heterocycles. The molecule has 8 nitrogen and oxygen atoms in total. The summed E-state index contributed by atoms with van der Waals surface area (Å²) in [6.07, 6.45) is -0.425. The van der Waals surface area contributed by atoms with Crippen LogP contribution in [0.4, 0.5) is 9.59 Å². The third-order valence-electron chi connectivity index (χ3n) is 4.31. The lowest BCUT2D eigenvalue weighted by Crippen LogP contribution is -2.75. The van der Waals surface area contributed by atoms with E-state index in [1.54, 1.807) is 41.5 Å². The highest BCUT2D eigenvalue weighted by molar-refractivity contribution is 5.87. The second-order valence-corrected chi connectivity index (χ2v) is 8.73. The summed E-state index contributed by atoms with van der Waals surface area (Å²) in [5, 5.41) is 9.83. The number of rotatable bonds is 1. The van der Waals surface area contributed by atoms with E-state index < -0.39 is 34.9 Å². The first-order valence-corrected chi connectivity index (χ1v) is 8.49. The summed E-state index contributed by atoms with van der Waals surface area (Å²) in [5.41, 5.74) is -2.87. The number of nitrogens with zero attached hydrogens (tertiary/aromatic N) is 2. The minimum Gasteiger partial charge on any atom is -0.479 e. The summed E-state index contributed by atoms with van der Waals surface area (Å²) in [6.45, 7) is 10.5. The van der Waals surface area contributed by atoms with E-state index in [1.165, 1.54) is 9.80 Å². The molecule has 0 aromatic rings. The molecule has 3 rings (SSSR count). The van der Waals surface area contributed by atoms with Crippen LogP contribution in [0.5, 0.6) is 0 Å². The molecule has 25 heavy (non-hydrogen) atoms. The molecular weight excluding hydrogens is 328 g/mol. The number of aliphatic carboxylic acids is 1. The van der Waals surface area contributed by atoms with E-state index in [-0.39, 0.29) is 25.6 Å². The van der Waals surface area contributed by atoms with Crippen molar-refractivity contribution < 1.29 is 29.0 Å². The van der Waals surface area contributed by atoms with Gasteiger partial charge in [-0.05, 0) is 54.4 Å². The number of hydrogen-bond donors (Lipinski definition) is 1. The summed E-state index contributed by atoms with van der Waals surface area (Å²) >= 11 is 0. The number of hydrogen-bond acceptors (Lipinski definition) is 5. The standard InChI is InChI=1S/C17H28N2O6/c1-15(2,3)24-13(22)18-10-17(12(20)21)8-7-11(18)9-19(17)14(23)25-16(4,5)6/h11H,7-10H2,1-6H3,(H,20,21). The SMILES string of the molecule is CC(C)(C)OC(=O)N1CC2(C(=O)O)CCC1CN2C(=O)OC(C)(C)C. The van der Waals surface area contributed by atoms with Gasteiger partial charge < -0.3 is 19.5 Å². The predicted octanol–water partition coefficient (Wildman–Crippen LogP) is 2.46. The lowest BCUT2D eigenvalue weighted by Gasteiger charge is -2.55. The smallest absolute Gasteiger partial charge is 0.411 e. The summed E-state index contributed by atoms with van der Waals surface area (Å²) in [5.74, 6) is -1.13. The maximum absolute atomic E-state index is 12.5. The highest BCUT2D eigenvalue weighted by Crippen LogP contribution is 2.39. The fourth-order valence-corrected chi connectivity index (χ4v) is 3.24. The maximum Gasteiger partial charge on any atom is 0.411 e. The minimum absolute atomic E-state index is 0.0961. The monoisotopic (exact) mass is 356 g/mol. The van der Waals surface area contributed by atoms with Gasteiger partial charge in [0.25, 0.3) is 0 Å². The maximum atomic E-state index is 12.5. The van der Waals surface area contributed by atoms with Crippen molar-refractivity contribution in [3.8, 4) is 0 Å². The van der Waals surface area contributed by atoms with Crippen molar-refractivity contribution in [2.45, 2.75) is 77.2 Å². The van der Waals surface area contributed by atoms with Crippen molar-refractivity contribution in [2.75, 3.05) is 13.1 Å². The first-order chi connectivity index (χ1) is 11.3. The van der Waals surface area contributed by atoms with Gasteiger partial charge in [-0.2, -0.15) is 0 Å². The highest BCUT2D eigenvalue weighted by Gasteiger charge is 2.59. The number of carbonyl (C=O) groups excluding carboxylic acids is 2. The van der Waals surface area contributed by atoms with Crippen LogP contribution in [0.3, 0.4) is 0 Å². The molecule has 8 heteroatoms. The number of carboxylic acid groups (broad SMARTS) is 1. The quantitative estimate of drug-likeness (QED) is 0.775. The first-order valence-electron chi connectivity index (χ1n) is 8.49. The first kappa shape index (κ1) is 19.3. The van der Waals surface area contributed by atoms with Crippen LogP contribution in [0, 0.1) is 0 Å². The van der Waals surface area contributed by atoms with Crippen molar-refractivity contribution in [2.24, 2.45) is 0 Å². The van der Waals surface area contributed by atoms with Gasteiger partial charge in [0.1, 0.15) is 11.2 Å². The van der Waals surface area contributed by atoms with Gasteiger partial charge in [-0.15, -0.1) is 0 Å². The molecule has 0 saturated carbocycles. The van der Waals surface area contributed by atoms with E-state index in [0.717, 1.165) is 0 Å². The molecule has 2 atom stereocenters. The molecule has 3 fully saturated rings. The molecule has 3 heterocycles. The molecule has 3 aliphatic rings. The largest absolute Gasteiger partial charge is 0.479 e. The van der Waals surface area contributed by atoms with Crippen molar-refractivity contribution in [3.05, 3.63) is 0 Å². The fraction of sp³-hybridized carbons (Fsp3) is 0.824. The van der Waals surface area contributed by atoms with E-state index in [4.69, 9.17) is 9.47 Å². The molecule has 2 bridgehead atoms. The normalized spacial score (nSPS) is 26.4. The Morgan fingerprint density at radius 2 is 1.52 bits per heavy atom. The molecule has 0 spiro atoms. The Hall–Kier alpha value is -1.99. The van der Waals surface area contributed by atoms with Crippen molar-refractivity contribution in [3.63, 3.8) is 0 Å². The van der Waals surface area contributed by atoms with Crippen LogP contribution in [-0.2, 0) is 14.3 Å². The Bertz CT molecular complexity index is 577. The zero-order chi connectivity index (χ0) is 19.2. The number of carboxylic acids is 1. The molecular formula is C17H28N2O6. The number of fused-ring (bicyclic) bond motifs is 3. The zero-order valence-electron chi connectivity index (χ0n) is 15.8. The molecule has 0 aliphatic carbocycles. The van der Waals surface area contributed by atoms with Gasteiger partial charge in [0.2, 0.25) is 0 Å². The van der Waals surface area contributed by atoms with Gasteiger partial charge in [0.15, 0.2) is 5.54 Å². The summed E-state index contributed by atoms with van der Waals surface area (Å²) in [4.78, 5) is 39.7. The average molecular weight is 356 g/mol. The molecule has 1 N–H and O–H groups in total. The summed E-state index contributed by atoms with van der Waals surface area (Å²) in [7, 11) is 0. The lowest BCUT2D eigenvalue weighted by atomic mass is 9.79. The van der Waals surface area contributed by atoms with Crippen LogP contribution >= 0.6 is 0 Å². The van der Waals surface area contributed by atoms with E-state index >= 15 is 0 Å². The highest BCUT2D eigenvalue weighted by atomic mass is 16.6. The van der Waals surface area contributed by atoms with Gasteiger partial charge in [-0.3, -0.25) is 4.90 Å². The Balaban J connectivity index is 2.26. The zero-order valence-corrected chi connectivity index (χ0v) is 15.8. The van der Waals surface area contributed by atoms with E-state index in [9.17, 15) is 19.5 Å². The lowest BCUT2D eigenvalue weighted by molar-refractivity contribution is -0.164. The molecule has 3 saturated heterocycles. The van der Waals surface area contributed by atoms with Crippen LogP contribution in [0.1, 0.15) is 54.4 Å².